The predicted molar refractivity (Wildman–Crippen MR) is 128 cm³/mol. The van der Waals surface area contributed by atoms with Crippen LogP contribution in [0.5, 0.6) is 0 Å². The van der Waals surface area contributed by atoms with Crippen LogP contribution in [0.2, 0.25) is 0 Å². The Balaban J connectivity index is 1.69. The van der Waals surface area contributed by atoms with Crippen LogP contribution in [0.4, 0.5) is 4.39 Å². The van der Waals surface area contributed by atoms with Gasteiger partial charge in [-0.25, -0.2) is 22.3 Å². The van der Waals surface area contributed by atoms with E-state index in [1.54, 1.807) is 36.3 Å². The third kappa shape index (κ3) is 4.56. The van der Waals surface area contributed by atoms with E-state index in [1.807, 2.05) is 6.92 Å². The van der Waals surface area contributed by atoms with Crippen molar-refractivity contribution >= 4 is 20.9 Å². The highest BCUT2D eigenvalue weighted by Gasteiger charge is 2.41. The van der Waals surface area contributed by atoms with Crippen molar-refractivity contribution in [3.8, 4) is 0 Å². The smallest absolute Gasteiger partial charge is 0.289 e. The Labute approximate surface area is 200 Å². The van der Waals surface area contributed by atoms with Crippen LogP contribution in [0.3, 0.4) is 0 Å². The summed E-state index contributed by atoms with van der Waals surface area (Å²) in [4.78, 5) is 26.9. The van der Waals surface area contributed by atoms with Crippen molar-refractivity contribution in [1.29, 1.82) is 0 Å². The Hall–Kier alpha value is -3.57. The summed E-state index contributed by atoms with van der Waals surface area (Å²) < 4.78 is 46.0. The molecular weight excluding hydrogens is 473 g/mol. The molecule has 9 nitrogen and oxygen atoms in total. The van der Waals surface area contributed by atoms with E-state index >= 15 is 0 Å². The minimum Gasteiger partial charge on any atom is -0.289 e. The van der Waals surface area contributed by atoms with Crippen LogP contribution >= 0.6 is 0 Å². The lowest BCUT2D eigenvalue weighted by atomic mass is 10.2. The monoisotopic (exact) mass is 497 g/mol. The van der Waals surface area contributed by atoms with Crippen molar-refractivity contribution in [2.45, 2.75) is 43.3 Å². The zero-order chi connectivity index (χ0) is 25.0. The molecule has 182 valence electrons. The van der Waals surface area contributed by atoms with Crippen molar-refractivity contribution < 1.29 is 12.8 Å². The first kappa shape index (κ1) is 23.2. The van der Waals surface area contributed by atoms with Crippen LogP contribution in [0.25, 0.3) is 10.9 Å². The van der Waals surface area contributed by atoms with Gasteiger partial charge < -0.3 is 0 Å². The summed E-state index contributed by atoms with van der Waals surface area (Å²) in [6.45, 7) is 1.87. The number of benzene rings is 2. The molecule has 1 aliphatic carbocycles. The standard InChI is InChI=1S/C24H24FN5O4S/c1-24(9-10-24)27-35(33,34)19-7-8-21-20(11-19)22(31)30(15-17-12-26-28(2)13-17)23(32)29(21)14-16-3-5-18(25)6-4-16/h3-8,11-13,27H,9-10,14-15H2,1-2H3. The summed E-state index contributed by atoms with van der Waals surface area (Å²) in [5.74, 6) is -0.404. The minimum atomic E-state index is -3.86. The molecule has 1 saturated carbocycles. The number of sulfonamides is 1. The molecule has 35 heavy (non-hydrogen) atoms. The molecule has 0 atom stereocenters. The number of fused-ring (bicyclic) bond motifs is 1. The lowest BCUT2D eigenvalue weighted by molar-refractivity contribution is 0.558. The van der Waals surface area contributed by atoms with Gasteiger partial charge >= 0.3 is 5.69 Å². The molecule has 0 bridgehead atoms. The molecule has 4 aromatic rings. The number of halogens is 1. The van der Waals surface area contributed by atoms with Crippen LogP contribution < -0.4 is 16.0 Å². The topological polar surface area (TPSA) is 108 Å². The van der Waals surface area contributed by atoms with E-state index in [0.717, 1.165) is 17.4 Å². The van der Waals surface area contributed by atoms with Gasteiger partial charge in [-0.05, 0) is 55.7 Å². The van der Waals surface area contributed by atoms with E-state index in [4.69, 9.17) is 0 Å². The summed E-state index contributed by atoms with van der Waals surface area (Å²) in [5.41, 5.74) is -0.0413. The Morgan fingerprint density at radius 2 is 1.71 bits per heavy atom. The minimum absolute atomic E-state index is 0.0296. The molecule has 1 fully saturated rings. The Bertz CT molecular complexity index is 1670. The second kappa shape index (κ2) is 8.28. The van der Waals surface area contributed by atoms with Crippen molar-refractivity contribution in [2.75, 3.05) is 0 Å². The number of hydrogen-bond donors (Lipinski definition) is 1. The van der Waals surface area contributed by atoms with Gasteiger partial charge in [-0.1, -0.05) is 12.1 Å². The van der Waals surface area contributed by atoms with Crippen molar-refractivity contribution in [2.24, 2.45) is 7.05 Å². The Morgan fingerprint density at radius 3 is 2.34 bits per heavy atom. The van der Waals surface area contributed by atoms with Crippen LogP contribution in [-0.2, 0) is 30.2 Å². The first-order valence-electron chi connectivity index (χ1n) is 11.1. The second-order valence-electron chi connectivity index (χ2n) is 9.25. The summed E-state index contributed by atoms with van der Waals surface area (Å²) in [6.07, 6.45) is 4.74. The van der Waals surface area contributed by atoms with Gasteiger partial charge in [0.15, 0.2) is 0 Å². The highest BCUT2D eigenvalue weighted by Crippen LogP contribution is 2.36. The third-order valence-electron chi connectivity index (χ3n) is 6.24. The zero-order valence-electron chi connectivity index (χ0n) is 19.2. The molecule has 2 aromatic heterocycles. The SMILES string of the molecule is Cn1cc(Cn2c(=O)c3cc(S(=O)(=O)NC4(C)CC4)ccc3n(Cc3ccc(F)cc3)c2=O)cn1. The molecule has 0 spiro atoms. The second-order valence-corrected chi connectivity index (χ2v) is 10.9. The van der Waals surface area contributed by atoms with Gasteiger partial charge in [-0.2, -0.15) is 5.10 Å². The van der Waals surface area contributed by atoms with E-state index < -0.39 is 32.6 Å². The molecule has 1 N–H and O–H groups in total. The molecular formula is C24H24FN5O4S. The highest BCUT2D eigenvalue weighted by molar-refractivity contribution is 7.89. The lowest BCUT2D eigenvalue weighted by Crippen LogP contribution is -2.40. The first-order valence-corrected chi connectivity index (χ1v) is 12.6. The summed E-state index contributed by atoms with van der Waals surface area (Å²) in [7, 11) is -2.13. The molecule has 2 heterocycles. The summed E-state index contributed by atoms with van der Waals surface area (Å²) >= 11 is 0. The Kier molecular flexibility index (Phi) is 5.48. The van der Waals surface area contributed by atoms with E-state index in [1.165, 1.54) is 34.9 Å². The van der Waals surface area contributed by atoms with Gasteiger partial charge in [-0.3, -0.25) is 18.6 Å². The maximum Gasteiger partial charge on any atom is 0.332 e. The molecule has 0 aliphatic heterocycles. The molecule has 5 rings (SSSR count). The van der Waals surface area contributed by atoms with Crippen molar-refractivity contribution in [3.63, 3.8) is 0 Å². The fourth-order valence-corrected chi connectivity index (χ4v) is 5.53. The largest absolute Gasteiger partial charge is 0.332 e. The first-order chi connectivity index (χ1) is 16.5. The van der Waals surface area contributed by atoms with Gasteiger partial charge in [0.05, 0.1) is 35.1 Å². The van der Waals surface area contributed by atoms with Gasteiger partial charge in [0.1, 0.15) is 5.82 Å². The number of nitrogens with one attached hydrogen (secondary N) is 1. The molecule has 2 aromatic carbocycles. The fourth-order valence-electron chi connectivity index (χ4n) is 4.04. The third-order valence-corrected chi connectivity index (χ3v) is 7.88. The number of aryl methyl sites for hydroxylation is 1. The number of rotatable bonds is 7. The van der Waals surface area contributed by atoms with E-state index in [9.17, 15) is 22.4 Å². The lowest BCUT2D eigenvalue weighted by Gasteiger charge is -2.16. The molecule has 11 heteroatoms. The molecule has 0 unspecified atom stereocenters. The predicted octanol–water partition coefficient (Wildman–Crippen LogP) is 1.96. The quantitative estimate of drug-likeness (QED) is 0.420. The maximum atomic E-state index is 13.5. The Morgan fingerprint density at radius 1 is 1.03 bits per heavy atom. The molecule has 0 saturated heterocycles. The van der Waals surface area contributed by atoms with Gasteiger partial charge in [-0.15, -0.1) is 0 Å². The van der Waals surface area contributed by atoms with Gasteiger partial charge in [0.25, 0.3) is 5.56 Å². The number of hydrogen-bond acceptors (Lipinski definition) is 5. The van der Waals surface area contributed by atoms with E-state index in [-0.39, 0.29) is 23.4 Å². The molecule has 1 aliphatic rings. The zero-order valence-corrected chi connectivity index (χ0v) is 20.0. The van der Waals surface area contributed by atoms with E-state index in [2.05, 4.69) is 9.82 Å². The average Bonchev–Trinajstić information content (AvgIpc) is 3.38. The number of aromatic nitrogens is 4. The van der Waals surface area contributed by atoms with Gasteiger partial charge in [0.2, 0.25) is 10.0 Å². The molecule has 0 amide bonds. The maximum absolute atomic E-state index is 13.5. The normalized spacial score (nSPS) is 14.9. The fraction of sp³-hybridized carbons (Fsp3) is 0.292. The summed E-state index contributed by atoms with van der Waals surface area (Å²) in [6, 6.07) is 9.88. The highest BCUT2D eigenvalue weighted by atomic mass is 32.2. The van der Waals surface area contributed by atoms with Crippen LogP contribution in [0, 0.1) is 5.82 Å². The average molecular weight is 498 g/mol. The summed E-state index contributed by atoms with van der Waals surface area (Å²) in [5, 5.41) is 4.19. The van der Waals surface area contributed by atoms with Crippen molar-refractivity contribution in [1.82, 2.24) is 23.6 Å². The van der Waals surface area contributed by atoms with Crippen LogP contribution in [0.15, 0.2) is 69.3 Å². The van der Waals surface area contributed by atoms with Crippen molar-refractivity contribution in [3.05, 3.63) is 92.6 Å². The van der Waals surface area contributed by atoms with Gasteiger partial charge in [0, 0.05) is 24.3 Å². The van der Waals surface area contributed by atoms with Crippen LogP contribution in [0.1, 0.15) is 30.9 Å². The number of nitrogens with zero attached hydrogens (tertiary/aromatic N) is 4. The molecule has 0 radical (unpaired) electrons. The van der Waals surface area contributed by atoms with Crippen LogP contribution in [-0.4, -0.2) is 32.9 Å². The van der Waals surface area contributed by atoms with E-state index in [0.29, 0.717) is 16.6 Å².